The molecule has 0 amide bonds. The molecule has 2 unspecified atom stereocenters. The van der Waals surface area contributed by atoms with Crippen molar-refractivity contribution >= 4 is 0 Å². The fourth-order valence-corrected chi connectivity index (χ4v) is 4.31. The van der Waals surface area contributed by atoms with Gasteiger partial charge in [-0.05, 0) is 58.5 Å². The molecule has 0 radical (unpaired) electrons. The summed E-state index contributed by atoms with van der Waals surface area (Å²) in [5.41, 5.74) is 6.01. The highest BCUT2D eigenvalue weighted by Crippen LogP contribution is 2.33. The van der Waals surface area contributed by atoms with Crippen molar-refractivity contribution in [2.75, 3.05) is 20.1 Å². The van der Waals surface area contributed by atoms with E-state index >= 15 is 0 Å². The lowest BCUT2D eigenvalue weighted by Gasteiger charge is -2.39. The van der Waals surface area contributed by atoms with Crippen LogP contribution in [0.5, 0.6) is 0 Å². The number of hydrogen-bond acceptors (Lipinski definition) is 3. The highest BCUT2D eigenvalue weighted by Gasteiger charge is 2.41. The van der Waals surface area contributed by atoms with Crippen LogP contribution in [0.2, 0.25) is 0 Å². The second-order valence-electron chi connectivity index (χ2n) is 6.34. The summed E-state index contributed by atoms with van der Waals surface area (Å²) in [4.78, 5) is 5.43. The van der Waals surface area contributed by atoms with Crippen LogP contribution >= 0.6 is 0 Å². The summed E-state index contributed by atoms with van der Waals surface area (Å²) in [6.07, 6.45) is 9.35. The maximum absolute atomic E-state index is 6.01. The van der Waals surface area contributed by atoms with Crippen molar-refractivity contribution in [1.29, 1.82) is 0 Å². The van der Waals surface area contributed by atoms with Gasteiger partial charge in [0.15, 0.2) is 0 Å². The zero-order valence-electron chi connectivity index (χ0n) is 11.1. The fraction of sp³-hybridized carbons (Fsp3) is 1.00. The zero-order valence-corrected chi connectivity index (χ0v) is 11.1. The smallest absolute Gasteiger partial charge is 0.0263 e. The number of hydrogen-bond donors (Lipinski definition) is 1. The average molecular weight is 237 g/mol. The van der Waals surface area contributed by atoms with Gasteiger partial charge in [-0.1, -0.05) is 0 Å². The molecule has 1 saturated carbocycles. The summed E-state index contributed by atoms with van der Waals surface area (Å²) < 4.78 is 0. The van der Waals surface area contributed by atoms with E-state index in [0.717, 1.165) is 18.1 Å². The Morgan fingerprint density at radius 2 is 1.76 bits per heavy atom. The maximum atomic E-state index is 6.01. The summed E-state index contributed by atoms with van der Waals surface area (Å²) in [6, 6.07) is 2.99. The van der Waals surface area contributed by atoms with Crippen LogP contribution in [0.1, 0.15) is 44.9 Å². The molecule has 0 bridgehead atoms. The SMILES string of the molecule is CN(C1CCC(N)CC1)C1CCN2CCCC12. The molecule has 3 rings (SSSR count). The number of rotatable bonds is 2. The molecule has 2 heterocycles. The summed E-state index contributed by atoms with van der Waals surface area (Å²) in [7, 11) is 2.37. The van der Waals surface area contributed by atoms with E-state index in [-0.39, 0.29) is 0 Å². The third-order valence-electron chi connectivity index (χ3n) is 5.41. The van der Waals surface area contributed by atoms with Crippen molar-refractivity contribution in [1.82, 2.24) is 9.80 Å². The quantitative estimate of drug-likeness (QED) is 0.788. The molecule has 3 aliphatic rings. The van der Waals surface area contributed by atoms with Crippen molar-refractivity contribution in [3.05, 3.63) is 0 Å². The molecule has 0 spiro atoms. The Labute approximate surface area is 105 Å². The monoisotopic (exact) mass is 237 g/mol. The Morgan fingerprint density at radius 3 is 2.53 bits per heavy atom. The van der Waals surface area contributed by atoms with Gasteiger partial charge in [0.1, 0.15) is 0 Å². The van der Waals surface area contributed by atoms with Crippen LogP contribution in [-0.2, 0) is 0 Å². The molecule has 2 atom stereocenters. The van der Waals surface area contributed by atoms with Crippen molar-refractivity contribution in [3.63, 3.8) is 0 Å². The molecule has 3 nitrogen and oxygen atoms in total. The maximum Gasteiger partial charge on any atom is 0.0263 e. The third-order valence-corrected chi connectivity index (χ3v) is 5.41. The lowest BCUT2D eigenvalue weighted by atomic mass is 9.89. The molecule has 2 N–H and O–H groups in total. The number of fused-ring (bicyclic) bond motifs is 1. The lowest BCUT2D eigenvalue weighted by molar-refractivity contribution is 0.111. The standard InChI is InChI=1S/C14H27N3/c1-16(12-6-4-11(15)5-7-12)13-8-10-17-9-2-3-14(13)17/h11-14H,2-10,15H2,1H3. The fourth-order valence-electron chi connectivity index (χ4n) is 4.31. The van der Waals surface area contributed by atoms with Crippen LogP contribution in [0.15, 0.2) is 0 Å². The van der Waals surface area contributed by atoms with Crippen LogP contribution in [0.25, 0.3) is 0 Å². The molecule has 0 aromatic heterocycles. The van der Waals surface area contributed by atoms with Gasteiger partial charge in [-0.3, -0.25) is 9.80 Å². The third kappa shape index (κ3) is 2.25. The second-order valence-corrected chi connectivity index (χ2v) is 6.34. The van der Waals surface area contributed by atoms with Gasteiger partial charge in [-0.15, -0.1) is 0 Å². The van der Waals surface area contributed by atoms with E-state index in [4.69, 9.17) is 5.73 Å². The molecule has 1 aliphatic carbocycles. The van der Waals surface area contributed by atoms with Gasteiger partial charge in [0.05, 0.1) is 0 Å². The van der Waals surface area contributed by atoms with E-state index in [0.29, 0.717) is 6.04 Å². The predicted octanol–water partition coefficient (Wildman–Crippen LogP) is 1.42. The predicted molar refractivity (Wildman–Crippen MR) is 71.0 cm³/mol. The zero-order chi connectivity index (χ0) is 11.8. The van der Waals surface area contributed by atoms with Crippen molar-refractivity contribution in [2.24, 2.45) is 5.73 Å². The van der Waals surface area contributed by atoms with Gasteiger partial charge < -0.3 is 5.73 Å². The van der Waals surface area contributed by atoms with E-state index in [2.05, 4.69) is 16.8 Å². The van der Waals surface area contributed by atoms with E-state index < -0.39 is 0 Å². The Kier molecular flexibility index (Phi) is 3.42. The van der Waals surface area contributed by atoms with Gasteiger partial charge in [0, 0.05) is 30.7 Å². The summed E-state index contributed by atoms with van der Waals surface area (Å²) in [5.74, 6) is 0. The summed E-state index contributed by atoms with van der Waals surface area (Å²) >= 11 is 0. The molecule has 3 fully saturated rings. The number of likely N-dealkylation sites (N-methyl/N-ethyl adjacent to an activating group) is 1. The first-order valence-electron chi connectivity index (χ1n) is 7.47. The number of nitrogens with two attached hydrogens (primary N) is 1. The average Bonchev–Trinajstić information content (AvgIpc) is 2.90. The first kappa shape index (κ1) is 11.9. The van der Waals surface area contributed by atoms with E-state index in [1.807, 2.05) is 0 Å². The summed E-state index contributed by atoms with van der Waals surface area (Å²) in [6.45, 7) is 2.69. The minimum Gasteiger partial charge on any atom is -0.328 e. The van der Waals surface area contributed by atoms with Gasteiger partial charge in [-0.25, -0.2) is 0 Å². The highest BCUT2D eigenvalue weighted by atomic mass is 15.3. The molecule has 0 aromatic carbocycles. The van der Waals surface area contributed by atoms with Crippen LogP contribution in [0, 0.1) is 0 Å². The van der Waals surface area contributed by atoms with Gasteiger partial charge in [-0.2, -0.15) is 0 Å². The molecule has 2 aliphatic heterocycles. The van der Waals surface area contributed by atoms with Crippen LogP contribution < -0.4 is 5.73 Å². The van der Waals surface area contributed by atoms with Gasteiger partial charge >= 0.3 is 0 Å². The largest absolute Gasteiger partial charge is 0.328 e. The highest BCUT2D eigenvalue weighted by molar-refractivity contribution is 4.98. The van der Waals surface area contributed by atoms with Gasteiger partial charge in [0.2, 0.25) is 0 Å². The molecule has 17 heavy (non-hydrogen) atoms. The second kappa shape index (κ2) is 4.87. The van der Waals surface area contributed by atoms with Crippen molar-refractivity contribution in [2.45, 2.75) is 69.1 Å². The van der Waals surface area contributed by atoms with Crippen LogP contribution in [0.4, 0.5) is 0 Å². The van der Waals surface area contributed by atoms with E-state index in [1.54, 1.807) is 0 Å². The molecule has 3 heteroatoms. The first-order valence-corrected chi connectivity index (χ1v) is 7.47. The number of nitrogens with zero attached hydrogens (tertiary/aromatic N) is 2. The minimum atomic E-state index is 0.478. The Balaban J connectivity index is 1.60. The first-order chi connectivity index (χ1) is 8.25. The Hall–Kier alpha value is -0.120. The normalized spacial score (nSPS) is 43.2. The molecule has 2 saturated heterocycles. The van der Waals surface area contributed by atoms with Crippen LogP contribution in [0.3, 0.4) is 0 Å². The molecular weight excluding hydrogens is 210 g/mol. The molecule has 0 aromatic rings. The van der Waals surface area contributed by atoms with Crippen molar-refractivity contribution < 1.29 is 0 Å². The van der Waals surface area contributed by atoms with E-state index in [9.17, 15) is 0 Å². The lowest BCUT2D eigenvalue weighted by Crippen LogP contribution is -2.48. The topological polar surface area (TPSA) is 32.5 Å². The molecule has 98 valence electrons. The summed E-state index contributed by atoms with van der Waals surface area (Å²) in [5, 5.41) is 0. The Morgan fingerprint density at radius 1 is 1.00 bits per heavy atom. The van der Waals surface area contributed by atoms with Crippen molar-refractivity contribution in [3.8, 4) is 0 Å². The van der Waals surface area contributed by atoms with E-state index in [1.165, 1.54) is 58.0 Å². The van der Waals surface area contributed by atoms with Crippen LogP contribution in [-0.4, -0.2) is 54.1 Å². The minimum absolute atomic E-state index is 0.478. The van der Waals surface area contributed by atoms with Gasteiger partial charge in [0.25, 0.3) is 0 Å². The molecular formula is C14H27N3. The Bertz CT molecular complexity index is 260.